The number of benzene rings is 14. The van der Waals surface area contributed by atoms with Crippen LogP contribution >= 0.6 is 0 Å². The van der Waals surface area contributed by atoms with Gasteiger partial charge in [0.05, 0.1) is 22.1 Å². The molecule has 98 heavy (non-hydrogen) atoms. The third-order valence-corrected chi connectivity index (χ3v) is 18.6. The minimum atomic E-state index is 0.597. The molecule has 4 aromatic heterocycles. The van der Waals surface area contributed by atoms with Crippen LogP contribution < -0.4 is 0 Å². The minimum Gasteiger partial charge on any atom is -0.309 e. The summed E-state index contributed by atoms with van der Waals surface area (Å²) in [5, 5.41) is 4.72. The van der Waals surface area contributed by atoms with Crippen molar-refractivity contribution in [1.29, 1.82) is 0 Å². The van der Waals surface area contributed by atoms with Crippen molar-refractivity contribution in [1.82, 2.24) is 39.0 Å². The molecule has 14 aromatic carbocycles. The summed E-state index contributed by atoms with van der Waals surface area (Å²) in [6, 6.07) is 124. The number of fused-ring (bicyclic) bond motifs is 6. The lowest BCUT2D eigenvalue weighted by atomic mass is 9.84. The van der Waals surface area contributed by atoms with E-state index in [4.69, 9.17) is 29.9 Å². The summed E-state index contributed by atoms with van der Waals surface area (Å²) >= 11 is 0. The highest BCUT2D eigenvalue weighted by Gasteiger charge is 2.25. The highest BCUT2D eigenvalue weighted by Crippen LogP contribution is 2.47. The Hall–Kier alpha value is -13.3. The van der Waals surface area contributed by atoms with Crippen molar-refractivity contribution in [3.63, 3.8) is 0 Å². The first-order valence-electron chi connectivity index (χ1n) is 33.0. The van der Waals surface area contributed by atoms with Gasteiger partial charge in [0.25, 0.3) is 0 Å². The highest BCUT2D eigenvalue weighted by molar-refractivity contribution is 6.13. The maximum Gasteiger partial charge on any atom is 0.164 e. The second-order valence-electron chi connectivity index (χ2n) is 24.6. The zero-order chi connectivity index (χ0) is 64.9. The Morgan fingerprint density at radius 1 is 0.163 bits per heavy atom. The van der Waals surface area contributed by atoms with Gasteiger partial charge in [0.1, 0.15) is 0 Å². The van der Waals surface area contributed by atoms with E-state index in [-0.39, 0.29) is 0 Å². The van der Waals surface area contributed by atoms with Gasteiger partial charge in [-0.05, 0) is 123 Å². The molecule has 0 radical (unpaired) electrons. The minimum absolute atomic E-state index is 0.597. The van der Waals surface area contributed by atoms with Crippen LogP contribution in [0.15, 0.2) is 352 Å². The predicted octanol–water partition coefficient (Wildman–Crippen LogP) is 22.6. The van der Waals surface area contributed by atoms with Crippen LogP contribution in [0, 0.1) is 0 Å². The highest BCUT2D eigenvalue weighted by atomic mass is 15.0. The third kappa shape index (κ3) is 10.5. The first-order chi connectivity index (χ1) is 48.6. The molecule has 4 heterocycles. The SMILES string of the molecule is c1ccc(-c2nc(-c3ccc(-c4cccc(-n5c6ccccc6c6cc(-c7ccc(-c8nc(-c9ccccc9)nc(-c9ccccc9)n8)c(-c8ccccc8)c7-c7ccccc7)ccc65)c4)cc3)nc(-c3cccc(-c4ccc5c(c4)c4ccccc4n5-c4ccccc4)c3)n2)cc1. The van der Waals surface area contributed by atoms with Crippen LogP contribution in [-0.2, 0) is 0 Å². The molecule has 0 fully saturated rings. The van der Waals surface area contributed by atoms with Crippen molar-refractivity contribution in [2.45, 2.75) is 0 Å². The maximum absolute atomic E-state index is 5.29. The van der Waals surface area contributed by atoms with Gasteiger partial charge in [0.15, 0.2) is 34.9 Å². The Bertz CT molecular complexity index is 5960. The Labute approximate surface area is 566 Å². The zero-order valence-electron chi connectivity index (χ0n) is 53.1. The zero-order valence-corrected chi connectivity index (χ0v) is 53.1. The summed E-state index contributed by atoms with van der Waals surface area (Å²) in [4.78, 5) is 31.2. The van der Waals surface area contributed by atoms with Crippen molar-refractivity contribution < 1.29 is 0 Å². The monoisotopic (exact) mass is 1250 g/mol. The second-order valence-corrected chi connectivity index (χ2v) is 24.6. The topological polar surface area (TPSA) is 87.2 Å². The van der Waals surface area contributed by atoms with Gasteiger partial charge < -0.3 is 9.13 Å². The van der Waals surface area contributed by atoms with E-state index in [9.17, 15) is 0 Å². The lowest BCUT2D eigenvalue weighted by Gasteiger charge is -2.20. The number of hydrogen-bond acceptors (Lipinski definition) is 6. The smallest absolute Gasteiger partial charge is 0.164 e. The van der Waals surface area contributed by atoms with Crippen LogP contribution in [0.2, 0.25) is 0 Å². The van der Waals surface area contributed by atoms with E-state index in [2.05, 4.69) is 306 Å². The van der Waals surface area contributed by atoms with Crippen molar-refractivity contribution >= 4 is 43.6 Å². The Kier molecular flexibility index (Phi) is 14.4. The van der Waals surface area contributed by atoms with E-state index >= 15 is 0 Å². The summed E-state index contributed by atoms with van der Waals surface area (Å²) in [5.41, 5.74) is 23.0. The van der Waals surface area contributed by atoms with Gasteiger partial charge in [-0.3, -0.25) is 0 Å². The quantitative estimate of drug-likeness (QED) is 0.114. The molecule has 0 aliphatic rings. The Morgan fingerprint density at radius 3 is 1.01 bits per heavy atom. The number of aromatic nitrogens is 8. The molecule has 0 saturated carbocycles. The largest absolute Gasteiger partial charge is 0.309 e. The van der Waals surface area contributed by atoms with E-state index in [0.717, 1.165) is 128 Å². The van der Waals surface area contributed by atoms with Crippen LogP contribution in [0.3, 0.4) is 0 Å². The number of para-hydroxylation sites is 3. The predicted molar refractivity (Wildman–Crippen MR) is 402 cm³/mol. The van der Waals surface area contributed by atoms with Gasteiger partial charge >= 0.3 is 0 Å². The van der Waals surface area contributed by atoms with Gasteiger partial charge in [-0.15, -0.1) is 0 Å². The van der Waals surface area contributed by atoms with Crippen LogP contribution in [0.4, 0.5) is 0 Å². The average Bonchev–Trinajstić information content (AvgIpc) is 1.42. The van der Waals surface area contributed by atoms with Crippen LogP contribution in [0.5, 0.6) is 0 Å². The lowest BCUT2D eigenvalue weighted by Crippen LogP contribution is -2.02. The molecule has 0 bridgehead atoms. The molecule has 8 nitrogen and oxygen atoms in total. The fourth-order valence-electron chi connectivity index (χ4n) is 14.0. The standard InChI is InChI=1S/C90H58N8/c1-7-25-60(26-8-1)83-73(51-52-76(84(83)61-27-9-2-10-28-61)90-95-86(63-31-13-4-14-32-63)92-87(96-90)64-33-15-5-16-34-64)69-50-54-82-78(58-69)75-42-20-22-44-80(75)98(82)72-40-24-36-67(56-72)59-45-47-65(48-46-59)88-91-85(62-29-11-3-12-30-62)93-89(94-88)70-37-23-35-66(55-70)68-49-53-81-77(57-68)74-41-19-21-43-79(74)97(81)71-38-17-6-18-39-71/h1-58H. The molecular formula is C90H58N8. The van der Waals surface area contributed by atoms with Gasteiger partial charge in [0.2, 0.25) is 0 Å². The van der Waals surface area contributed by atoms with E-state index < -0.39 is 0 Å². The fraction of sp³-hybridized carbons (Fsp3) is 0. The van der Waals surface area contributed by atoms with Gasteiger partial charge in [-0.2, -0.15) is 0 Å². The van der Waals surface area contributed by atoms with Gasteiger partial charge in [0, 0.05) is 71.9 Å². The summed E-state index contributed by atoms with van der Waals surface area (Å²) in [7, 11) is 0. The molecule has 458 valence electrons. The van der Waals surface area contributed by atoms with E-state index in [1.165, 1.54) is 16.3 Å². The Balaban J connectivity index is 0.706. The second kappa shape index (κ2) is 24.6. The first-order valence-corrected chi connectivity index (χ1v) is 33.0. The average molecular weight is 1250 g/mol. The van der Waals surface area contributed by atoms with Crippen molar-refractivity contribution in [3.8, 4) is 135 Å². The van der Waals surface area contributed by atoms with E-state index in [1.54, 1.807) is 0 Å². The molecule has 0 saturated heterocycles. The number of hydrogen-bond donors (Lipinski definition) is 0. The van der Waals surface area contributed by atoms with Crippen molar-refractivity contribution in [3.05, 3.63) is 352 Å². The number of rotatable bonds is 13. The summed E-state index contributed by atoms with van der Waals surface area (Å²) in [6.07, 6.45) is 0. The molecule has 0 N–H and O–H groups in total. The lowest BCUT2D eigenvalue weighted by molar-refractivity contribution is 1.07. The molecule has 0 spiro atoms. The summed E-state index contributed by atoms with van der Waals surface area (Å²) < 4.78 is 4.74. The molecule has 18 aromatic rings. The van der Waals surface area contributed by atoms with Crippen LogP contribution in [0.25, 0.3) is 179 Å². The van der Waals surface area contributed by atoms with Gasteiger partial charge in [-0.1, -0.05) is 279 Å². The van der Waals surface area contributed by atoms with Crippen molar-refractivity contribution in [2.24, 2.45) is 0 Å². The molecule has 18 rings (SSSR count). The molecule has 0 atom stereocenters. The van der Waals surface area contributed by atoms with Crippen LogP contribution in [0.1, 0.15) is 0 Å². The first kappa shape index (κ1) is 57.4. The van der Waals surface area contributed by atoms with Gasteiger partial charge in [-0.25, -0.2) is 29.9 Å². The maximum atomic E-state index is 5.29. The van der Waals surface area contributed by atoms with Crippen molar-refractivity contribution in [2.75, 3.05) is 0 Å². The van der Waals surface area contributed by atoms with Crippen LogP contribution in [-0.4, -0.2) is 39.0 Å². The molecule has 0 aliphatic carbocycles. The number of nitrogens with zero attached hydrogens (tertiary/aromatic N) is 8. The molecular weight excluding hydrogens is 1190 g/mol. The third-order valence-electron chi connectivity index (χ3n) is 18.6. The fourth-order valence-corrected chi connectivity index (χ4v) is 14.0. The molecule has 0 aliphatic heterocycles. The molecule has 0 unspecified atom stereocenters. The molecule has 8 heteroatoms. The van der Waals surface area contributed by atoms with E-state index in [1.807, 2.05) is 54.6 Å². The summed E-state index contributed by atoms with van der Waals surface area (Å²) in [5.74, 6) is 3.63. The van der Waals surface area contributed by atoms with E-state index in [0.29, 0.717) is 34.9 Å². The Morgan fingerprint density at radius 2 is 0.480 bits per heavy atom. The summed E-state index contributed by atoms with van der Waals surface area (Å²) in [6.45, 7) is 0. The molecule has 0 amide bonds. The normalized spacial score (nSPS) is 11.5.